The van der Waals surface area contributed by atoms with Gasteiger partial charge in [-0.25, -0.2) is 0 Å². The molecule has 4 nitrogen and oxygen atoms in total. The molecular formula is C12H14N4. The Hall–Kier alpha value is -1.60. The molecule has 82 valence electrons. The van der Waals surface area contributed by atoms with Crippen molar-refractivity contribution in [3.05, 3.63) is 24.0 Å². The molecule has 2 saturated heterocycles. The fraction of sp³-hybridized carbons (Fsp3) is 0.500. The molecule has 1 aromatic rings. The minimum atomic E-state index is 0.578. The summed E-state index contributed by atoms with van der Waals surface area (Å²) in [5.74, 6) is 0.754. The molecule has 0 saturated carbocycles. The van der Waals surface area contributed by atoms with E-state index in [0.29, 0.717) is 11.6 Å². The first-order valence-electron chi connectivity index (χ1n) is 5.69. The van der Waals surface area contributed by atoms with E-state index in [9.17, 15) is 0 Å². The van der Waals surface area contributed by atoms with Gasteiger partial charge in [0.05, 0.1) is 17.4 Å². The highest BCUT2D eigenvalue weighted by Gasteiger charge is 2.35. The third-order valence-electron chi connectivity index (χ3n) is 3.50. The van der Waals surface area contributed by atoms with Crippen molar-refractivity contribution in [3.63, 3.8) is 0 Å². The van der Waals surface area contributed by atoms with Crippen LogP contribution in [0.5, 0.6) is 0 Å². The molecule has 0 aliphatic carbocycles. The fourth-order valence-corrected chi connectivity index (χ4v) is 2.77. The monoisotopic (exact) mass is 214 g/mol. The van der Waals surface area contributed by atoms with Gasteiger partial charge in [0.15, 0.2) is 0 Å². The normalized spacial score (nSPS) is 27.8. The number of hydrogen-bond donors (Lipinski definition) is 1. The van der Waals surface area contributed by atoms with E-state index < -0.39 is 0 Å². The molecule has 2 bridgehead atoms. The summed E-state index contributed by atoms with van der Waals surface area (Å²) < 4.78 is 0. The molecule has 2 aliphatic rings. The molecule has 2 aliphatic heterocycles. The van der Waals surface area contributed by atoms with Gasteiger partial charge < -0.3 is 10.2 Å². The number of pyridine rings is 1. The van der Waals surface area contributed by atoms with Gasteiger partial charge in [0.1, 0.15) is 6.07 Å². The highest BCUT2D eigenvalue weighted by molar-refractivity contribution is 5.51. The first-order valence-corrected chi connectivity index (χ1v) is 5.69. The quantitative estimate of drug-likeness (QED) is 0.749. The van der Waals surface area contributed by atoms with Gasteiger partial charge in [-0.3, -0.25) is 4.98 Å². The maximum atomic E-state index is 8.87. The van der Waals surface area contributed by atoms with E-state index in [-0.39, 0.29) is 0 Å². The van der Waals surface area contributed by atoms with Gasteiger partial charge in [0.25, 0.3) is 0 Å². The number of piperidine rings is 1. The van der Waals surface area contributed by atoms with Crippen LogP contribution in [0.1, 0.15) is 12.0 Å². The van der Waals surface area contributed by atoms with Crippen LogP contribution in [-0.2, 0) is 0 Å². The SMILES string of the molecule is N#Cc1cncc(N2C[C@H]3CNC[C@H]2C3)c1. The number of hydrogen-bond acceptors (Lipinski definition) is 4. The van der Waals surface area contributed by atoms with Gasteiger partial charge in [0, 0.05) is 25.3 Å². The van der Waals surface area contributed by atoms with Crippen molar-refractivity contribution < 1.29 is 0 Å². The zero-order chi connectivity index (χ0) is 11.0. The average Bonchev–Trinajstić information content (AvgIpc) is 2.64. The lowest BCUT2D eigenvalue weighted by Crippen LogP contribution is -2.39. The summed E-state index contributed by atoms with van der Waals surface area (Å²) in [5, 5.41) is 12.3. The number of rotatable bonds is 1. The first kappa shape index (κ1) is 9.61. The number of nitriles is 1. The summed E-state index contributed by atoms with van der Waals surface area (Å²) in [4.78, 5) is 6.52. The topological polar surface area (TPSA) is 52.0 Å². The molecule has 0 radical (unpaired) electrons. The van der Waals surface area contributed by atoms with Crippen LogP contribution in [0, 0.1) is 17.2 Å². The van der Waals surface area contributed by atoms with E-state index in [2.05, 4.69) is 21.3 Å². The number of anilines is 1. The number of nitrogens with one attached hydrogen (secondary N) is 1. The van der Waals surface area contributed by atoms with E-state index in [1.807, 2.05) is 12.3 Å². The Morgan fingerprint density at radius 1 is 1.44 bits per heavy atom. The van der Waals surface area contributed by atoms with E-state index in [1.165, 1.54) is 6.42 Å². The minimum Gasteiger partial charge on any atom is -0.366 e. The molecule has 0 unspecified atom stereocenters. The van der Waals surface area contributed by atoms with Crippen LogP contribution in [-0.4, -0.2) is 30.7 Å². The Balaban J connectivity index is 1.89. The van der Waals surface area contributed by atoms with Crippen molar-refractivity contribution in [3.8, 4) is 6.07 Å². The molecule has 3 heterocycles. The maximum absolute atomic E-state index is 8.87. The zero-order valence-electron chi connectivity index (χ0n) is 9.06. The Kier molecular flexibility index (Phi) is 2.26. The molecular weight excluding hydrogens is 200 g/mol. The summed E-state index contributed by atoms with van der Waals surface area (Å²) in [5.41, 5.74) is 1.74. The lowest BCUT2D eigenvalue weighted by atomic mass is 10.0. The second-order valence-corrected chi connectivity index (χ2v) is 4.61. The van der Waals surface area contributed by atoms with Crippen molar-refractivity contribution in [1.82, 2.24) is 10.3 Å². The van der Waals surface area contributed by atoms with Crippen LogP contribution in [0.25, 0.3) is 0 Å². The van der Waals surface area contributed by atoms with Crippen LogP contribution >= 0.6 is 0 Å². The van der Waals surface area contributed by atoms with Crippen molar-refractivity contribution in [2.45, 2.75) is 12.5 Å². The Morgan fingerprint density at radius 2 is 2.38 bits per heavy atom. The van der Waals surface area contributed by atoms with E-state index in [0.717, 1.165) is 31.2 Å². The van der Waals surface area contributed by atoms with Crippen LogP contribution < -0.4 is 10.2 Å². The van der Waals surface area contributed by atoms with E-state index in [1.54, 1.807) is 6.20 Å². The molecule has 0 aromatic carbocycles. The molecule has 0 amide bonds. The summed E-state index contributed by atoms with van der Waals surface area (Å²) in [6.07, 6.45) is 4.75. The highest BCUT2D eigenvalue weighted by atomic mass is 15.2. The molecule has 16 heavy (non-hydrogen) atoms. The molecule has 2 fully saturated rings. The lowest BCUT2D eigenvalue weighted by molar-refractivity contribution is 0.434. The minimum absolute atomic E-state index is 0.578. The van der Waals surface area contributed by atoms with Gasteiger partial charge in [-0.05, 0) is 24.9 Å². The zero-order valence-corrected chi connectivity index (χ0v) is 9.06. The number of nitrogens with zero attached hydrogens (tertiary/aromatic N) is 3. The van der Waals surface area contributed by atoms with Crippen LogP contribution in [0.15, 0.2) is 18.5 Å². The maximum Gasteiger partial charge on any atom is 0.101 e. The third kappa shape index (κ3) is 1.54. The number of fused-ring (bicyclic) bond motifs is 2. The smallest absolute Gasteiger partial charge is 0.101 e. The van der Waals surface area contributed by atoms with Gasteiger partial charge >= 0.3 is 0 Å². The first-order chi connectivity index (χ1) is 7.86. The van der Waals surface area contributed by atoms with Gasteiger partial charge in [-0.15, -0.1) is 0 Å². The Bertz CT molecular complexity index is 437. The molecule has 1 N–H and O–H groups in total. The van der Waals surface area contributed by atoms with Gasteiger partial charge in [-0.1, -0.05) is 0 Å². The van der Waals surface area contributed by atoms with Crippen molar-refractivity contribution in [1.29, 1.82) is 5.26 Å². The largest absolute Gasteiger partial charge is 0.366 e. The summed E-state index contributed by atoms with van der Waals surface area (Å²) >= 11 is 0. The molecule has 0 spiro atoms. The predicted molar refractivity (Wildman–Crippen MR) is 61.1 cm³/mol. The second-order valence-electron chi connectivity index (χ2n) is 4.61. The number of aromatic nitrogens is 1. The lowest BCUT2D eigenvalue weighted by Gasteiger charge is -2.26. The van der Waals surface area contributed by atoms with Crippen molar-refractivity contribution in [2.24, 2.45) is 5.92 Å². The Morgan fingerprint density at radius 3 is 3.19 bits per heavy atom. The standard InChI is InChI=1S/C12H14N4/c13-3-9-1-11(6-14-4-9)16-8-10-2-12(16)7-15-5-10/h1,4,6,10,12,15H,2,5,7-8H2/t10-,12-/m1/s1. The summed E-state index contributed by atoms with van der Waals surface area (Å²) in [7, 11) is 0. The van der Waals surface area contributed by atoms with Crippen LogP contribution in [0.3, 0.4) is 0 Å². The highest BCUT2D eigenvalue weighted by Crippen LogP contribution is 2.30. The molecule has 2 atom stereocenters. The van der Waals surface area contributed by atoms with E-state index in [4.69, 9.17) is 5.26 Å². The predicted octanol–water partition coefficient (Wildman–Crippen LogP) is 0.751. The molecule has 4 heteroatoms. The Labute approximate surface area is 94.9 Å². The average molecular weight is 214 g/mol. The van der Waals surface area contributed by atoms with E-state index >= 15 is 0 Å². The fourth-order valence-electron chi connectivity index (χ4n) is 2.77. The molecule has 1 aromatic heterocycles. The summed E-state index contributed by atoms with van der Waals surface area (Å²) in [6, 6.07) is 4.66. The third-order valence-corrected chi connectivity index (χ3v) is 3.50. The van der Waals surface area contributed by atoms with Crippen LogP contribution in [0.4, 0.5) is 5.69 Å². The van der Waals surface area contributed by atoms with Crippen LogP contribution in [0.2, 0.25) is 0 Å². The summed E-state index contributed by atoms with van der Waals surface area (Å²) in [6.45, 7) is 3.26. The van der Waals surface area contributed by atoms with Gasteiger partial charge in [0.2, 0.25) is 0 Å². The molecule has 3 rings (SSSR count). The van der Waals surface area contributed by atoms with Gasteiger partial charge in [-0.2, -0.15) is 5.26 Å². The van der Waals surface area contributed by atoms with Crippen molar-refractivity contribution in [2.75, 3.05) is 24.5 Å². The second kappa shape index (κ2) is 3.76. The van der Waals surface area contributed by atoms with Crippen molar-refractivity contribution >= 4 is 5.69 Å².